The Bertz CT molecular complexity index is 1040. The number of hydrogen-bond donors (Lipinski definition) is 3. The highest BCUT2D eigenvalue weighted by Gasteiger charge is 2.23. The number of aliphatic hydroxyl groups is 1. The Hall–Kier alpha value is -2.51. The average Bonchev–Trinajstić information content (AvgIpc) is 2.59. The fourth-order valence-corrected chi connectivity index (χ4v) is 4.12. The molecule has 0 saturated carbocycles. The molecular formula is C18H18N2O5S2. The molecule has 142 valence electrons. The molecule has 0 fully saturated rings. The maximum absolute atomic E-state index is 12.4. The van der Waals surface area contributed by atoms with Crippen molar-refractivity contribution in [3.05, 3.63) is 59.7 Å². The van der Waals surface area contributed by atoms with Crippen molar-refractivity contribution in [2.24, 2.45) is 5.14 Å². The molecular weight excluding hydrogens is 388 g/mol. The first-order chi connectivity index (χ1) is 12.5. The zero-order valence-corrected chi connectivity index (χ0v) is 16.2. The van der Waals surface area contributed by atoms with E-state index in [1.54, 1.807) is 13.8 Å². The minimum Gasteiger partial charge on any atom is -0.378 e. The Balaban J connectivity index is 2.24. The topological polar surface area (TPSA) is 127 Å². The van der Waals surface area contributed by atoms with Gasteiger partial charge in [-0.1, -0.05) is 24.0 Å². The molecule has 2 aromatic carbocycles. The molecule has 2 rings (SSSR count). The van der Waals surface area contributed by atoms with Crippen molar-refractivity contribution in [3.63, 3.8) is 0 Å². The van der Waals surface area contributed by atoms with E-state index in [0.717, 1.165) is 0 Å². The summed E-state index contributed by atoms with van der Waals surface area (Å²) in [5.74, 6) is 4.53. The predicted molar refractivity (Wildman–Crippen MR) is 101 cm³/mol. The number of amides is 1. The van der Waals surface area contributed by atoms with E-state index in [4.69, 9.17) is 5.14 Å². The van der Waals surface area contributed by atoms with Gasteiger partial charge in [-0.25, -0.2) is 22.5 Å². The molecule has 1 atom stereocenters. The molecule has 27 heavy (non-hydrogen) atoms. The molecule has 0 aliphatic carbocycles. The monoisotopic (exact) mass is 406 g/mol. The zero-order chi connectivity index (χ0) is 20.2. The van der Waals surface area contributed by atoms with Crippen LogP contribution in [0.25, 0.3) is 0 Å². The quantitative estimate of drug-likeness (QED) is 0.651. The SMILES string of the molecule is CC(C)(O)C#Cc1ccc(C(=O)NS(=O)(=O)c2ccccc2S(N)=O)cc1. The molecule has 0 radical (unpaired) electrons. The first-order valence-electron chi connectivity index (χ1n) is 7.67. The van der Waals surface area contributed by atoms with Crippen molar-refractivity contribution in [1.29, 1.82) is 0 Å². The Morgan fingerprint density at radius 3 is 2.30 bits per heavy atom. The third-order valence-electron chi connectivity index (χ3n) is 3.24. The first-order valence-corrected chi connectivity index (χ1v) is 10.4. The van der Waals surface area contributed by atoms with E-state index in [9.17, 15) is 22.5 Å². The highest BCUT2D eigenvalue weighted by atomic mass is 32.2. The van der Waals surface area contributed by atoms with Crippen molar-refractivity contribution < 1.29 is 22.5 Å². The molecule has 0 spiro atoms. The van der Waals surface area contributed by atoms with Gasteiger partial charge in [-0.2, -0.15) is 0 Å². The average molecular weight is 406 g/mol. The standard InChI is InChI=1S/C18H18N2O5S2/c1-18(2,22)12-11-13-7-9-14(10-8-13)17(21)20-27(24,25)16-6-4-3-5-15(16)26(19)23/h3-10,22H,19H2,1-2H3,(H,20,21). The Morgan fingerprint density at radius 2 is 1.74 bits per heavy atom. The maximum atomic E-state index is 12.4. The lowest BCUT2D eigenvalue weighted by molar-refractivity contribution is 0.0981. The van der Waals surface area contributed by atoms with E-state index < -0.39 is 32.5 Å². The first kappa shape index (κ1) is 20.8. The second-order valence-electron chi connectivity index (χ2n) is 6.07. The van der Waals surface area contributed by atoms with Gasteiger partial charge in [0.05, 0.1) is 4.90 Å². The summed E-state index contributed by atoms with van der Waals surface area (Å²) in [4.78, 5) is 11.8. The van der Waals surface area contributed by atoms with Crippen molar-refractivity contribution in [3.8, 4) is 11.8 Å². The van der Waals surface area contributed by atoms with Gasteiger partial charge >= 0.3 is 0 Å². The van der Waals surface area contributed by atoms with Gasteiger partial charge in [0, 0.05) is 11.1 Å². The molecule has 1 unspecified atom stereocenters. The lowest BCUT2D eigenvalue weighted by Gasteiger charge is -2.10. The number of carbonyl (C=O) groups excluding carboxylic acids is 1. The summed E-state index contributed by atoms with van der Waals surface area (Å²) in [6, 6.07) is 11.3. The van der Waals surface area contributed by atoms with E-state index in [-0.39, 0.29) is 15.4 Å². The van der Waals surface area contributed by atoms with Crippen LogP contribution in [0.5, 0.6) is 0 Å². The molecule has 2 aromatic rings. The van der Waals surface area contributed by atoms with E-state index in [2.05, 4.69) is 11.8 Å². The lowest BCUT2D eigenvalue weighted by atomic mass is 10.1. The molecule has 1 amide bonds. The van der Waals surface area contributed by atoms with E-state index in [1.807, 2.05) is 4.72 Å². The van der Waals surface area contributed by atoms with Crippen molar-refractivity contribution in [2.45, 2.75) is 29.2 Å². The number of hydrogen-bond acceptors (Lipinski definition) is 5. The maximum Gasteiger partial charge on any atom is 0.265 e. The minimum absolute atomic E-state index is 0.0961. The van der Waals surface area contributed by atoms with E-state index in [0.29, 0.717) is 5.56 Å². The molecule has 0 aliphatic heterocycles. The van der Waals surface area contributed by atoms with Gasteiger partial charge in [0.25, 0.3) is 15.9 Å². The van der Waals surface area contributed by atoms with Gasteiger partial charge in [0.15, 0.2) is 0 Å². The molecule has 0 saturated heterocycles. The summed E-state index contributed by atoms with van der Waals surface area (Å²) in [5.41, 5.74) is -0.500. The molecule has 0 bridgehead atoms. The number of carbonyl (C=O) groups is 1. The fourth-order valence-electron chi connectivity index (χ4n) is 2.00. The smallest absolute Gasteiger partial charge is 0.265 e. The number of rotatable bonds is 4. The van der Waals surface area contributed by atoms with Gasteiger partial charge in [-0.05, 0) is 50.2 Å². The largest absolute Gasteiger partial charge is 0.378 e. The van der Waals surface area contributed by atoms with Gasteiger partial charge in [-0.15, -0.1) is 0 Å². The summed E-state index contributed by atoms with van der Waals surface area (Å²) >= 11 is 0. The van der Waals surface area contributed by atoms with Crippen molar-refractivity contribution >= 4 is 26.9 Å². The van der Waals surface area contributed by atoms with Gasteiger partial charge in [-0.3, -0.25) is 4.79 Å². The second-order valence-corrected chi connectivity index (χ2v) is 8.75. The van der Waals surface area contributed by atoms with Crippen LogP contribution in [-0.2, 0) is 21.0 Å². The third-order valence-corrected chi connectivity index (χ3v) is 5.55. The fraction of sp³-hybridized carbons (Fsp3) is 0.167. The number of sulfonamides is 1. The van der Waals surface area contributed by atoms with Gasteiger partial charge < -0.3 is 5.11 Å². The summed E-state index contributed by atoms with van der Waals surface area (Å²) in [5, 5.41) is 14.9. The van der Waals surface area contributed by atoms with Crippen LogP contribution >= 0.6 is 0 Å². The minimum atomic E-state index is -4.26. The lowest BCUT2D eigenvalue weighted by Crippen LogP contribution is -2.31. The van der Waals surface area contributed by atoms with E-state index >= 15 is 0 Å². The number of benzene rings is 2. The van der Waals surface area contributed by atoms with Crippen LogP contribution in [0.2, 0.25) is 0 Å². The van der Waals surface area contributed by atoms with Crippen LogP contribution in [-0.4, -0.2) is 29.2 Å². The number of nitrogens with two attached hydrogens (primary N) is 1. The Labute approximate surface area is 160 Å². The van der Waals surface area contributed by atoms with Crippen molar-refractivity contribution in [1.82, 2.24) is 4.72 Å². The predicted octanol–water partition coefficient (Wildman–Crippen LogP) is 0.909. The summed E-state index contributed by atoms with van der Waals surface area (Å²) < 4.78 is 38.3. The highest BCUT2D eigenvalue weighted by Crippen LogP contribution is 2.18. The summed E-state index contributed by atoms with van der Waals surface area (Å²) in [6.07, 6.45) is 0. The molecule has 4 N–H and O–H groups in total. The third kappa shape index (κ3) is 5.74. The summed E-state index contributed by atoms with van der Waals surface area (Å²) in [6.45, 7) is 3.08. The number of nitrogens with one attached hydrogen (secondary N) is 1. The molecule has 0 aliphatic rings. The molecule has 7 nitrogen and oxygen atoms in total. The van der Waals surface area contributed by atoms with Crippen LogP contribution < -0.4 is 9.86 Å². The van der Waals surface area contributed by atoms with Gasteiger partial charge in [0.1, 0.15) is 21.5 Å². The van der Waals surface area contributed by atoms with Crippen LogP contribution in [0.1, 0.15) is 29.8 Å². The van der Waals surface area contributed by atoms with Crippen LogP contribution in [0, 0.1) is 11.8 Å². The van der Waals surface area contributed by atoms with Crippen molar-refractivity contribution in [2.75, 3.05) is 0 Å². The van der Waals surface area contributed by atoms with E-state index in [1.165, 1.54) is 48.5 Å². The summed E-state index contributed by atoms with van der Waals surface area (Å²) in [7, 11) is -6.28. The normalized spacial score (nSPS) is 12.6. The van der Waals surface area contributed by atoms with Crippen LogP contribution in [0.15, 0.2) is 58.3 Å². The Morgan fingerprint density at radius 1 is 1.15 bits per heavy atom. The second kappa shape index (κ2) is 8.02. The zero-order valence-electron chi connectivity index (χ0n) is 14.6. The molecule has 9 heteroatoms. The molecule has 0 aromatic heterocycles. The van der Waals surface area contributed by atoms with Crippen LogP contribution in [0.4, 0.5) is 0 Å². The van der Waals surface area contributed by atoms with Crippen LogP contribution in [0.3, 0.4) is 0 Å². The Kier molecular flexibility index (Phi) is 6.18. The van der Waals surface area contributed by atoms with Gasteiger partial charge in [0.2, 0.25) is 0 Å². The highest BCUT2D eigenvalue weighted by molar-refractivity contribution is 7.91. The molecule has 0 heterocycles.